The van der Waals surface area contributed by atoms with E-state index in [0.29, 0.717) is 13.1 Å². The Morgan fingerprint density at radius 2 is 2.00 bits per heavy atom. The van der Waals surface area contributed by atoms with Crippen molar-refractivity contribution < 1.29 is 9.59 Å². The highest BCUT2D eigenvalue weighted by Crippen LogP contribution is 2.28. The summed E-state index contributed by atoms with van der Waals surface area (Å²) < 4.78 is 2.11. The van der Waals surface area contributed by atoms with Gasteiger partial charge in [0.2, 0.25) is 5.91 Å². The number of fused-ring (bicyclic) bond motifs is 1. The van der Waals surface area contributed by atoms with Crippen molar-refractivity contribution in [1.82, 2.24) is 14.8 Å². The van der Waals surface area contributed by atoms with Crippen LogP contribution in [0.1, 0.15) is 22.5 Å². The van der Waals surface area contributed by atoms with Gasteiger partial charge in [0.1, 0.15) is 5.00 Å². The molecule has 2 amide bonds. The van der Waals surface area contributed by atoms with Gasteiger partial charge in [-0.25, -0.2) is 0 Å². The number of carbonyl (C=O) groups excluding carboxylic acids is 2. The molecule has 1 saturated heterocycles. The Labute approximate surface area is 156 Å². The molecule has 1 fully saturated rings. The van der Waals surface area contributed by atoms with Crippen molar-refractivity contribution in [3.05, 3.63) is 53.5 Å². The molecule has 6 heteroatoms. The summed E-state index contributed by atoms with van der Waals surface area (Å²) >= 11 is 1.49. The molecule has 0 radical (unpaired) electrons. The molecule has 1 N–H and O–H groups in total. The van der Waals surface area contributed by atoms with Crippen LogP contribution in [-0.4, -0.2) is 41.4 Å². The van der Waals surface area contributed by atoms with Crippen LogP contribution in [0.4, 0.5) is 0 Å². The van der Waals surface area contributed by atoms with Gasteiger partial charge < -0.3 is 14.8 Å². The second-order valence-electron chi connectivity index (χ2n) is 6.59. The largest absolute Gasteiger partial charge is 0.359 e. The Bertz CT molecular complexity index is 959. The van der Waals surface area contributed by atoms with Gasteiger partial charge in [0.15, 0.2) is 0 Å². The van der Waals surface area contributed by atoms with Gasteiger partial charge in [-0.15, -0.1) is 11.3 Å². The molecule has 5 nitrogen and oxygen atoms in total. The van der Waals surface area contributed by atoms with Crippen molar-refractivity contribution in [2.45, 2.75) is 12.8 Å². The molecule has 0 bridgehead atoms. The molecule has 0 unspecified atom stereocenters. The third-order valence-corrected chi connectivity index (χ3v) is 6.04. The molecule has 1 aromatic carbocycles. The van der Waals surface area contributed by atoms with Crippen molar-refractivity contribution in [1.29, 1.82) is 0 Å². The van der Waals surface area contributed by atoms with Gasteiger partial charge in [0.25, 0.3) is 5.91 Å². The van der Waals surface area contributed by atoms with Crippen molar-refractivity contribution in [3.63, 3.8) is 0 Å². The molecule has 0 saturated carbocycles. The Morgan fingerprint density at radius 1 is 1.15 bits per heavy atom. The van der Waals surface area contributed by atoms with E-state index in [9.17, 15) is 9.59 Å². The third kappa shape index (κ3) is 3.01. The lowest BCUT2D eigenvalue weighted by atomic mass is 9.97. The Kier molecular flexibility index (Phi) is 4.51. The molecule has 0 spiro atoms. The fraction of sp³-hybridized carbons (Fsp3) is 0.300. The lowest BCUT2D eigenvalue weighted by Crippen LogP contribution is -2.44. The molecule has 1 aliphatic heterocycles. The SMILES string of the molecule is CNC(=O)[C@@H]1CCCN(C(=O)c2ccc(-n3ccc4ccccc43)s2)C1. The fourth-order valence-corrected chi connectivity index (χ4v) is 4.55. The van der Waals surface area contributed by atoms with Gasteiger partial charge in [0, 0.05) is 26.3 Å². The smallest absolute Gasteiger partial charge is 0.264 e. The molecule has 3 aromatic rings. The summed E-state index contributed by atoms with van der Waals surface area (Å²) in [6.45, 7) is 1.21. The van der Waals surface area contributed by atoms with E-state index in [4.69, 9.17) is 0 Å². The number of carbonyl (C=O) groups is 2. The molecular formula is C20H21N3O2S. The number of thiophene rings is 1. The number of nitrogens with one attached hydrogen (secondary N) is 1. The number of piperidine rings is 1. The van der Waals surface area contributed by atoms with Crippen LogP contribution in [0, 0.1) is 5.92 Å². The van der Waals surface area contributed by atoms with Crippen LogP contribution >= 0.6 is 11.3 Å². The standard InChI is InChI=1S/C20H21N3O2S/c1-21-19(24)15-6-4-11-22(13-15)20(25)17-8-9-18(26-17)23-12-10-14-5-2-3-7-16(14)23/h2-3,5,7-10,12,15H,4,6,11,13H2,1H3,(H,21,24)/t15-/m1/s1. The number of nitrogens with zero attached hydrogens (tertiary/aromatic N) is 2. The number of para-hydroxylation sites is 1. The van der Waals surface area contributed by atoms with Crippen LogP contribution in [0.3, 0.4) is 0 Å². The zero-order valence-electron chi connectivity index (χ0n) is 14.6. The van der Waals surface area contributed by atoms with Crippen molar-refractivity contribution in [3.8, 4) is 5.00 Å². The molecule has 134 valence electrons. The van der Waals surface area contributed by atoms with E-state index < -0.39 is 0 Å². The number of hydrogen-bond donors (Lipinski definition) is 1. The molecule has 4 rings (SSSR count). The van der Waals surface area contributed by atoms with Gasteiger partial charge in [-0.2, -0.15) is 0 Å². The van der Waals surface area contributed by atoms with Crippen LogP contribution in [0.15, 0.2) is 48.7 Å². The highest BCUT2D eigenvalue weighted by Gasteiger charge is 2.29. The van der Waals surface area contributed by atoms with E-state index in [1.54, 1.807) is 7.05 Å². The van der Waals surface area contributed by atoms with Gasteiger partial charge in [-0.05, 0) is 42.5 Å². The second kappa shape index (κ2) is 6.96. The summed E-state index contributed by atoms with van der Waals surface area (Å²) in [7, 11) is 1.65. The maximum Gasteiger partial charge on any atom is 0.264 e. The Balaban J connectivity index is 1.56. The molecule has 1 aliphatic rings. The lowest BCUT2D eigenvalue weighted by Gasteiger charge is -2.31. The summed E-state index contributed by atoms with van der Waals surface area (Å²) in [4.78, 5) is 27.3. The average molecular weight is 367 g/mol. The van der Waals surface area contributed by atoms with E-state index in [2.05, 4.69) is 28.1 Å². The maximum atomic E-state index is 12.9. The predicted molar refractivity (Wildman–Crippen MR) is 104 cm³/mol. The minimum atomic E-state index is -0.106. The minimum absolute atomic E-state index is 0.0197. The molecule has 2 aromatic heterocycles. The van der Waals surface area contributed by atoms with Crippen LogP contribution in [0.2, 0.25) is 0 Å². The minimum Gasteiger partial charge on any atom is -0.359 e. The Hall–Kier alpha value is -2.60. The first-order chi connectivity index (χ1) is 12.7. The van der Waals surface area contributed by atoms with E-state index in [0.717, 1.165) is 28.2 Å². The summed E-state index contributed by atoms with van der Waals surface area (Å²) in [5, 5.41) is 4.90. The summed E-state index contributed by atoms with van der Waals surface area (Å²) in [5.74, 6) is -0.0648. The molecule has 0 aliphatic carbocycles. The van der Waals surface area contributed by atoms with E-state index in [1.165, 1.54) is 16.7 Å². The number of likely N-dealkylation sites (tertiary alicyclic amines) is 1. The highest BCUT2D eigenvalue weighted by atomic mass is 32.1. The van der Waals surface area contributed by atoms with Crippen molar-refractivity contribution in [2.24, 2.45) is 5.92 Å². The molecule has 3 heterocycles. The monoisotopic (exact) mass is 367 g/mol. The fourth-order valence-electron chi connectivity index (χ4n) is 3.58. The number of benzene rings is 1. The Morgan fingerprint density at radius 3 is 2.85 bits per heavy atom. The maximum absolute atomic E-state index is 12.9. The lowest BCUT2D eigenvalue weighted by molar-refractivity contribution is -0.125. The first kappa shape index (κ1) is 16.8. The normalized spacial score (nSPS) is 17.4. The van der Waals surface area contributed by atoms with Crippen LogP contribution in [0.25, 0.3) is 15.9 Å². The first-order valence-electron chi connectivity index (χ1n) is 8.84. The number of rotatable bonds is 3. The zero-order chi connectivity index (χ0) is 18.1. The van der Waals surface area contributed by atoms with Gasteiger partial charge in [-0.3, -0.25) is 9.59 Å². The second-order valence-corrected chi connectivity index (χ2v) is 7.65. The van der Waals surface area contributed by atoms with E-state index >= 15 is 0 Å². The molecule has 26 heavy (non-hydrogen) atoms. The quantitative estimate of drug-likeness (QED) is 0.772. The van der Waals surface area contributed by atoms with Gasteiger partial charge in [-0.1, -0.05) is 18.2 Å². The predicted octanol–water partition coefficient (Wildman–Crippen LogP) is 3.29. The summed E-state index contributed by atoms with van der Waals surface area (Å²) in [6.07, 6.45) is 3.74. The van der Waals surface area contributed by atoms with Crippen LogP contribution in [0.5, 0.6) is 0 Å². The zero-order valence-corrected chi connectivity index (χ0v) is 15.5. The van der Waals surface area contributed by atoms with Crippen molar-refractivity contribution >= 4 is 34.1 Å². The number of hydrogen-bond acceptors (Lipinski definition) is 3. The van der Waals surface area contributed by atoms with E-state index in [1.807, 2.05) is 35.4 Å². The third-order valence-electron chi connectivity index (χ3n) is 4.97. The molecule has 1 atom stereocenters. The molecular weight excluding hydrogens is 346 g/mol. The highest BCUT2D eigenvalue weighted by molar-refractivity contribution is 7.16. The van der Waals surface area contributed by atoms with Crippen LogP contribution < -0.4 is 5.32 Å². The summed E-state index contributed by atoms with van der Waals surface area (Å²) in [5.41, 5.74) is 1.13. The average Bonchev–Trinajstić information content (AvgIpc) is 3.33. The van der Waals surface area contributed by atoms with Gasteiger partial charge >= 0.3 is 0 Å². The number of aromatic nitrogens is 1. The summed E-state index contributed by atoms with van der Waals surface area (Å²) in [6, 6.07) is 14.2. The topological polar surface area (TPSA) is 54.3 Å². The van der Waals surface area contributed by atoms with E-state index in [-0.39, 0.29) is 17.7 Å². The van der Waals surface area contributed by atoms with Crippen LogP contribution in [-0.2, 0) is 4.79 Å². The van der Waals surface area contributed by atoms with Crippen molar-refractivity contribution in [2.75, 3.05) is 20.1 Å². The van der Waals surface area contributed by atoms with Gasteiger partial charge in [0.05, 0.1) is 16.3 Å². The first-order valence-corrected chi connectivity index (χ1v) is 9.66. The number of amides is 2.